The first-order valence-electron chi connectivity index (χ1n) is 11.2. The number of fused-ring (bicyclic) bond motifs is 1. The Bertz CT molecular complexity index is 1260. The molecule has 5 rings (SSSR count). The van der Waals surface area contributed by atoms with Gasteiger partial charge in [-0.3, -0.25) is 14.5 Å². The Hall–Kier alpha value is -3.37. The molecular formula is C28H25ClN2O2. The number of nitrogens with one attached hydrogen (secondary N) is 1. The number of carbonyl (C=O) groups is 2. The molecule has 1 aliphatic carbocycles. The maximum Gasteiger partial charge on any atom is 0.259 e. The van der Waals surface area contributed by atoms with Crippen LogP contribution in [-0.2, 0) is 4.79 Å². The van der Waals surface area contributed by atoms with Crippen LogP contribution in [0.5, 0.6) is 0 Å². The molecule has 2 atom stereocenters. The number of allylic oxidation sites excluding steroid dienone is 1. The van der Waals surface area contributed by atoms with Gasteiger partial charge in [-0.25, -0.2) is 0 Å². The molecule has 0 spiro atoms. The second kappa shape index (κ2) is 8.53. The Labute approximate surface area is 198 Å². The van der Waals surface area contributed by atoms with E-state index in [1.807, 2.05) is 55.5 Å². The zero-order valence-corrected chi connectivity index (χ0v) is 19.4. The first-order chi connectivity index (χ1) is 15.9. The number of Topliss-reactive ketones (excluding diaryl/α,β-unsaturated/α-hetero) is 1. The van der Waals surface area contributed by atoms with Gasteiger partial charge in [-0.1, -0.05) is 60.5 Å². The van der Waals surface area contributed by atoms with Gasteiger partial charge < -0.3 is 5.32 Å². The minimum atomic E-state index is -0.528. The number of aryl methyl sites for hydroxylation is 1. The zero-order chi connectivity index (χ0) is 23.1. The molecule has 0 aromatic heterocycles. The molecule has 0 bridgehead atoms. The van der Waals surface area contributed by atoms with Gasteiger partial charge in [-0.05, 0) is 61.2 Å². The van der Waals surface area contributed by atoms with Crippen LogP contribution in [0.4, 0.5) is 11.4 Å². The summed E-state index contributed by atoms with van der Waals surface area (Å²) in [6.07, 6.45) is 1.24. The molecule has 4 nitrogen and oxygen atoms in total. The highest BCUT2D eigenvalue weighted by Crippen LogP contribution is 2.46. The monoisotopic (exact) mass is 456 g/mol. The number of hydrogen-bond donors (Lipinski definition) is 1. The molecule has 0 fully saturated rings. The number of ketones is 1. The third-order valence-corrected chi connectivity index (χ3v) is 6.65. The fraction of sp³-hybridized carbons (Fsp3) is 0.214. The molecule has 5 heteroatoms. The average molecular weight is 457 g/mol. The molecule has 0 saturated heterocycles. The van der Waals surface area contributed by atoms with E-state index in [2.05, 4.69) is 12.2 Å². The van der Waals surface area contributed by atoms with Crippen LogP contribution < -0.4 is 10.2 Å². The second-order valence-corrected chi connectivity index (χ2v) is 9.40. The maximum absolute atomic E-state index is 14.0. The summed E-state index contributed by atoms with van der Waals surface area (Å²) in [5.74, 6) is 0.156. The van der Waals surface area contributed by atoms with Crippen molar-refractivity contribution in [3.8, 4) is 0 Å². The van der Waals surface area contributed by atoms with Crippen molar-refractivity contribution in [3.05, 3.63) is 106 Å². The van der Waals surface area contributed by atoms with Crippen LogP contribution in [-0.4, -0.2) is 11.7 Å². The molecule has 1 N–H and O–H groups in total. The summed E-state index contributed by atoms with van der Waals surface area (Å²) in [5, 5.41) is 4.09. The van der Waals surface area contributed by atoms with E-state index in [9.17, 15) is 9.59 Å². The highest BCUT2D eigenvalue weighted by atomic mass is 35.5. The van der Waals surface area contributed by atoms with Gasteiger partial charge in [0.15, 0.2) is 5.78 Å². The average Bonchev–Trinajstić information content (AvgIpc) is 2.94. The quantitative estimate of drug-likeness (QED) is 0.466. The normalized spacial score (nSPS) is 20.0. The molecule has 2 unspecified atom stereocenters. The number of anilines is 2. The highest BCUT2D eigenvalue weighted by molar-refractivity contribution is 6.30. The van der Waals surface area contributed by atoms with Gasteiger partial charge in [0.05, 0.1) is 17.4 Å². The SMILES string of the molecule is Cc1ccc(C2C3=C(CC(C)CC3=O)Nc3ccccc3N2C(=O)c2ccc(Cl)cc2)cc1. The topological polar surface area (TPSA) is 49.4 Å². The summed E-state index contributed by atoms with van der Waals surface area (Å²) in [6, 6.07) is 22.2. The van der Waals surface area contributed by atoms with Crippen molar-refractivity contribution in [1.82, 2.24) is 0 Å². The van der Waals surface area contributed by atoms with Gasteiger partial charge in [0.1, 0.15) is 0 Å². The molecular weight excluding hydrogens is 432 g/mol. The number of halogens is 1. The molecule has 1 amide bonds. The molecule has 1 aliphatic heterocycles. The van der Waals surface area contributed by atoms with Crippen molar-refractivity contribution >= 4 is 34.7 Å². The standard InChI is InChI=1S/C28H25ClN2O2/c1-17-7-9-19(10-8-17)27-26-23(15-18(2)16-25(26)32)30-22-5-3-4-6-24(22)31(27)28(33)20-11-13-21(29)14-12-20/h3-14,18,27,30H,15-16H2,1-2H3. The van der Waals surface area contributed by atoms with Crippen LogP contribution in [0, 0.1) is 12.8 Å². The van der Waals surface area contributed by atoms with E-state index in [1.165, 1.54) is 0 Å². The van der Waals surface area contributed by atoms with E-state index in [4.69, 9.17) is 11.6 Å². The largest absolute Gasteiger partial charge is 0.357 e. The number of para-hydroxylation sites is 2. The zero-order valence-electron chi connectivity index (χ0n) is 18.6. The van der Waals surface area contributed by atoms with Crippen LogP contribution in [0.1, 0.15) is 47.3 Å². The van der Waals surface area contributed by atoms with Crippen LogP contribution >= 0.6 is 11.6 Å². The lowest BCUT2D eigenvalue weighted by molar-refractivity contribution is -0.117. The minimum Gasteiger partial charge on any atom is -0.357 e. The predicted octanol–water partition coefficient (Wildman–Crippen LogP) is 6.72. The van der Waals surface area contributed by atoms with E-state index in [0.717, 1.165) is 34.6 Å². The summed E-state index contributed by atoms with van der Waals surface area (Å²) in [4.78, 5) is 29.3. The summed E-state index contributed by atoms with van der Waals surface area (Å²) >= 11 is 6.09. The number of benzene rings is 3. The summed E-state index contributed by atoms with van der Waals surface area (Å²) in [7, 11) is 0. The molecule has 0 radical (unpaired) electrons. The van der Waals surface area contributed by atoms with E-state index in [-0.39, 0.29) is 17.6 Å². The predicted molar refractivity (Wildman–Crippen MR) is 133 cm³/mol. The second-order valence-electron chi connectivity index (χ2n) is 8.97. The van der Waals surface area contributed by atoms with Gasteiger partial charge in [0, 0.05) is 28.3 Å². The lowest BCUT2D eigenvalue weighted by atomic mass is 9.81. The van der Waals surface area contributed by atoms with Crippen LogP contribution in [0.3, 0.4) is 0 Å². The number of amides is 1. The third-order valence-electron chi connectivity index (χ3n) is 6.40. The van der Waals surface area contributed by atoms with Crippen molar-refractivity contribution in [3.63, 3.8) is 0 Å². The van der Waals surface area contributed by atoms with E-state index >= 15 is 0 Å². The van der Waals surface area contributed by atoms with Crippen LogP contribution in [0.15, 0.2) is 84.1 Å². The number of rotatable bonds is 2. The first-order valence-corrected chi connectivity index (χ1v) is 11.6. The number of hydrogen-bond acceptors (Lipinski definition) is 3. The highest BCUT2D eigenvalue weighted by Gasteiger charge is 2.40. The molecule has 2 aliphatic rings. The number of carbonyl (C=O) groups excluding carboxylic acids is 2. The van der Waals surface area contributed by atoms with E-state index in [0.29, 0.717) is 22.6 Å². The Morgan fingerprint density at radius 1 is 0.970 bits per heavy atom. The lowest BCUT2D eigenvalue weighted by Gasteiger charge is -2.34. The smallest absolute Gasteiger partial charge is 0.259 e. The van der Waals surface area contributed by atoms with Crippen molar-refractivity contribution in [1.29, 1.82) is 0 Å². The summed E-state index contributed by atoms with van der Waals surface area (Å²) in [5.41, 5.74) is 5.71. The lowest BCUT2D eigenvalue weighted by Crippen LogP contribution is -2.38. The molecule has 0 saturated carbocycles. The number of nitrogens with zero attached hydrogens (tertiary/aromatic N) is 1. The summed E-state index contributed by atoms with van der Waals surface area (Å²) in [6.45, 7) is 4.13. The maximum atomic E-state index is 14.0. The van der Waals surface area contributed by atoms with Crippen molar-refractivity contribution in [2.45, 2.75) is 32.7 Å². The first kappa shape index (κ1) is 21.5. The van der Waals surface area contributed by atoms with Gasteiger partial charge >= 0.3 is 0 Å². The van der Waals surface area contributed by atoms with Gasteiger partial charge in [0.25, 0.3) is 5.91 Å². The molecule has 3 aromatic carbocycles. The fourth-order valence-corrected chi connectivity index (χ4v) is 4.93. The molecule has 33 heavy (non-hydrogen) atoms. The Balaban J connectivity index is 1.77. The van der Waals surface area contributed by atoms with Gasteiger partial charge in [0.2, 0.25) is 0 Å². The van der Waals surface area contributed by atoms with Crippen LogP contribution in [0.2, 0.25) is 5.02 Å². The van der Waals surface area contributed by atoms with Gasteiger partial charge in [-0.2, -0.15) is 0 Å². The fourth-order valence-electron chi connectivity index (χ4n) is 4.80. The van der Waals surface area contributed by atoms with E-state index < -0.39 is 6.04 Å². The van der Waals surface area contributed by atoms with Crippen molar-refractivity contribution in [2.75, 3.05) is 10.2 Å². The molecule has 1 heterocycles. The Morgan fingerprint density at radius 2 is 1.67 bits per heavy atom. The Morgan fingerprint density at radius 3 is 2.39 bits per heavy atom. The third kappa shape index (κ3) is 3.96. The molecule has 166 valence electrons. The summed E-state index contributed by atoms with van der Waals surface area (Å²) < 4.78 is 0. The van der Waals surface area contributed by atoms with Crippen molar-refractivity contribution in [2.24, 2.45) is 5.92 Å². The minimum absolute atomic E-state index is 0.0866. The van der Waals surface area contributed by atoms with Gasteiger partial charge in [-0.15, -0.1) is 0 Å². The van der Waals surface area contributed by atoms with Crippen LogP contribution in [0.25, 0.3) is 0 Å². The molecule has 3 aromatic rings. The van der Waals surface area contributed by atoms with E-state index in [1.54, 1.807) is 29.2 Å². The Kier molecular flexibility index (Phi) is 5.55. The van der Waals surface area contributed by atoms with Crippen molar-refractivity contribution < 1.29 is 9.59 Å².